The van der Waals surface area contributed by atoms with Crippen LogP contribution >= 0.6 is 0 Å². The average molecular weight is 345 g/mol. The van der Waals surface area contributed by atoms with Gasteiger partial charge in [0.15, 0.2) is 0 Å². The lowest BCUT2D eigenvalue weighted by atomic mass is 9.96. The van der Waals surface area contributed by atoms with Crippen molar-refractivity contribution in [1.82, 2.24) is 14.7 Å². The summed E-state index contributed by atoms with van der Waals surface area (Å²) < 4.78 is 14.9. The van der Waals surface area contributed by atoms with Gasteiger partial charge < -0.3 is 10.0 Å². The molecule has 7 heteroatoms. The van der Waals surface area contributed by atoms with Crippen LogP contribution in [-0.4, -0.2) is 43.9 Å². The molecule has 2 heterocycles. The highest BCUT2D eigenvalue weighted by Gasteiger charge is 2.39. The fraction of sp³-hybridized carbons (Fsp3) is 0.389. The first-order chi connectivity index (χ1) is 11.8. The molecule has 1 aromatic carbocycles. The van der Waals surface area contributed by atoms with E-state index in [0.717, 1.165) is 11.1 Å². The van der Waals surface area contributed by atoms with E-state index in [1.807, 2.05) is 0 Å². The number of benzene rings is 1. The molecule has 1 saturated heterocycles. The standard InChI is InChI=1S/C18H20FN3O3/c1-18(2,25)15-8-5-11-21(15)17(24)13-9-10-16(23)22(20-13)14-7-4-3-6-12(14)19/h3-4,6-7,9-10,15,25H,5,8,11H2,1-2H3. The molecule has 2 aromatic rings. The SMILES string of the molecule is CC(C)(O)C1CCCN1C(=O)c1ccc(=O)n(-c2ccccc2F)n1. The van der Waals surface area contributed by atoms with Crippen LogP contribution in [0.5, 0.6) is 0 Å². The molecule has 0 aliphatic carbocycles. The molecule has 0 radical (unpaired) electrons. The zero-order valence-electron chi connectivity index (χ0n) is 14.1. The number of likely N-dealkylation sites (tertiary alicyclic amines) is 1. The smallest absolute Gasteiger partial charge is 0.274 e. The summed E-state index contributed by atoms with van der Waals surface area (Å²) in [5.74, 6) is -0.980. The number of aliphatic hydroxyl groups is 1. The summed E-state index contributed by atoms with van der Waals surface area (Å²) in [6, 6.07) is 7.96. The monoisotopic (exact) mass is 345 g/mol. The van der Waals surface area contributed by atoms with Gasteiger partial charge in [-0.2, -0.15) is 9.78 Å². The van der Waals surface area contributed by atoms with Gasteiger partial charge in [0.05, 0.1) is 11.6 Å². The van der Waals surface area contributed by atoms with Crippen LogP contribution in [-0.2, 0) is 0 Å². The third-order valence-corrected chi connectivity index (χ3v) is 4.43. The second-order valence-corrected chi connectivity index (χ2v) is 6.73. The summed E-state index contributed by atoms with van der Waals surface area (Å²) in [5, 5.41) is 14.3. The van der Waals surface area contributed by atoms with Gasteiger partial charge in [-0.15, -0.1) is 0 Å². The van der Waals surface area contributed by atoms with Crippen LogP contribution in [0, 0.1) is 5.82 Å². The highest BCUT2D eigenvalue weighted by molar-refractivity contribution is 5.92. The van der Waals surface area contributed by atoms with Crippen molar-refractivity contribution in [2.24, 2.45) is 0 Å². The van der Waals surface area contributed by atoms with E-state index < -0.39 is 17.0 Å². The van der Waals surface area contributed by atoms with Crippen molar-refractivity contribution in [2.75, 3.05) is 6.54 Å². The number of amides is 1. The first kappa shape index (κ1) is 17.3. The van der Waals surface area contributed by atoms with Crippen molar-refractivity contribution >= 4 is 5.91 Å². The maximum Gasteiger partial charge on any atom is 0.274 e. The van der Waals surface area contributed by atoms with Gasteiger partial charge in [0.25, 0.3) is 11.5 Å². The number of carbonyl (C=O) groups is 1. The van der Waals surface area contributed by atoms with Gasteiger partial charge in [0.1, 0.15) is 17.2 Å². The van der Waals surface area contributed by atoms with Crippen molar-refractivity contribution in [1.29, 1.82) is 0 Å². The fourth-order valence-electron chi connectivity index (χ4n) is 3.21. The van der Waals surface area contributed by atoms with Gasteiger partial charge in [-0.25, -0.2) is 4.39 Å². The molecule has 1 unspecified atom stereocenters. The molecule has 1 aliphatic rings. The highest BCUT2D eigenvalue weighted by atomic mass is 19.1. The largest absolute Gasteiger partial charge is 0.388 e. The first-order valence-electron chi connectivity index (χ1n) is 8.17. The molecule has 25 heavy (non-hydrogen) atoms. The lowest BCUT2D eigenvalue weighted by Crippen LogP contribution is -2.48. The molecule has 1 N–H and O–H groups in total. The molecule has 1 aliphatic heterocycles. The van der Waals surface area contributed by atoms with Gasteiger partial charge >= 0.3 is 0 Å². The molecule has 6 nitrogen and oxygen atoms in total. The van der Waals surface area contributed by atoms with E-state index in [1.54, 1.807) is 24.8 Å². The Morgan fingerprint density at radius 3 is 2.68 bits per heavy atom. The van der Waals surface area contributed by atoms with Gasteiger partial charge in [-0.3, -0.25) is 9.59 Å². The summed E-state index contributed by atoms with van der Waals surface area (Å²) >= 11 is 0. The number of hydrogen-bond donors (Lipinski definition) is 1. The summed E-state index contributed by atoms with van der Waals surface area (Å²) in [6.07, 6.45) is 1.48. The van der Waals surface area contributed by atoms with E-state index >= 15 is 0 Å². The van der Waals surface area contributed by atoms with Crippen molar-refractivity contribution < 1.29 is 14.3 Å². The number of halogens is 1. The second-order valence-electron chi connectivity index (χ2n) is 6.73. The highest BCUT2D eigenvalue weighted by Crippen LogP contribution is 2.27. The maximum absolute atomic E-state index is 14.0. The van der Waals surface area contributed by atoms with Crippen molar-refractivity contribution in [3.8, 4) is 5.69 Å². The second kappa shape index (κ2) is 6.40. The number of aromatic nitrogens is 2. The number of rotatable bonds is 3. The van der Waals surface area contributed by atoms with E-state index in [-0.39, 0.29) is 23.3 Å². The zero-order chi connectivity index (χ0) is 18.2. The lowest BCUT2D eigenvalue weighted by Gasteiger charge is -2.33. The molecule has 1 atom stereocenters. The van der Waals surface area contributed by atoms with E-state index in [1.165, 1.54) is 30.3 Å². The molecule has 132 valence electrons. The third-order valence-electron chi connectivity index (χ3n) is 4.43. The average Bonchev–Trinajstić information content (AvgIpc) is 3.05. The van der Waals surface area contributed by atoms with E-state index in [9.17, 15) is 19.1 Å². The number of nitrogens with zero attached hydrogens (tertiary/aromatic N) is 3. The molecule has 1 amide bonds. The molecular formula is C18H20FN3O3. The van der Waals surface area contributed by atoms with Crippen molar-refractivity contribution in [2.45, 2.75) is 38.3 Å². The topological polar surface area (TPSA) is 75.4 Å². The minimum Gasteiger partial charge on any atom is -0.388 e. The van der Waals surface area contributed by atoms with Crippen LogP contribution in [0.3, 0.4) is 0 Å². The fourth-order valence-corrected chi connectivity index (χ4v) is 3.21. The maximum atomic E-state index is 14.0. The van der Waals surface area contributed by atoms with Crippen molar-refractivity contribution in [3.05, 3.63) is 58.3 Å². The van der Waals surface area contributed by atoms with Crippen LogP contribution in [0.1, 0.15) is 37.2 Å². The first-order valence-corrected chi connectivity index (χ1v) is 8.17. The van der Waals surface area contributed by atoms with Gasteiger partial charge in [-0.05, 0) is 44.9 Å². The van der Waals surface area contributed by atoms with Crippen molar-refractivity contribution in [3.63, 3.8) is 0 Å². The summed E-state index contributed by atoms with van der Waals surface area (Å²) in [4.78, 5) is 26.5. The summed E-state index contributed by atoms with van der Waals surface area (Å²) in [6.45, 7) is 3.84. The minimum atomic E-state index is -1.04. The molecule has 0 bridgehead atoms. The van der Waals surface area contributed by atoms with Crippen LogP contribution in [0.25, 0.3) is 5.69 Å². The molecule has 1 aromatic heterocycles. The number of hydrogen-bond acceptors (Lipinski definition) is 4. The van der Waals surface area contributed by atoms with Crippen LogP contribution in [0.15, 0.2) is 41.2 Å². The predicted octanol–water partition coefficient (Wildman–Crippen LogP) is 1.75. The van der Waals surface area contributed by atoms with Gasteiger partial charge in [0, 0.05) is 12.6 Å². The minimum absolute atomic E-state index is 0.0115. The summed E-state index contributed by atoms with van der Waals surface area (Å²) in [7, 11) is 0. The Bertz CT molecular complexity index is 857. The molecule has 0 spiro atoms. The Balaban J connectivity index is 1.99. The van der Waals surface area contributed by atoms with Crippen LogP contribution in [0.4, 0.5) is 4.39 Å². The Kier molecular flexibility index (Phi) is 4.43. The number of carbonyl (C=O) groups excluding carboxylic acids is 1. The normalized spacial score (nSPS) is 17.8. The Labute approximate surface area is 144 Å². The third kappa shape index (κ3) is 3.32. The van der Waals surface area contributed by atoms with E-state index in [2.05, 4.69) is 5.10 Å². The van der Waals surface area contributed by atoms with E-state index in [0.29, 0.717) is 13.0 Å². The Morgan fingerprint density at radius 2 is 2.00 bits per heavy atom. The molecule has 3 rings (SSSR count). The number of para-hydroxylation sites is 1. The Morgan fingerprint density at radius 1 is 1.28 bits per heavy atom. The molecule has 1 fully saturated rings. The zero-order valence-corrected chi connectivity index (χ0v) is 14.1. The van der Waals surface area contributed by atoms with Crippen LogP contribution in [0.2, 0.25) is 0 Å². The summed E-state index contributed by atoms with van der Waals surface area (Å²) in [5.41, 5.74) is -1.53. The Hall–Kier alpha value is -2.54. The van der Waals surface area contributed by atoms with Gasteiger partial charge in [0.2, 0.25) is 0 Å². The quantitative estimate of drug-likeness (QED) is 0.920. The van der Waals surface area contributed by atoms with Crippen LogP contribution < -0.4 is 5.56 Å². The predicted molar refractivity (Wildman–Crippen MR) is 90.1 cm³/mol. The van der Waals surface area contributed by atoms with E-state index in [4.69, 9.17) is 0 Å². The molecular weight excluding hydrogens is 325 g/mol. The lowest BCUT2D eigenvalue weighted by molar-refractivity contribution is 0.0000469. The van der Waals surface area contributed by atoms with Gasteiger partial charge in [-0.1, -0.05) is 12.1 Å². The molecule has 0 saturated carbocycles.